The van der Waals surface area contributed by atoms with Crippen molar-refractivity contribution in [2.75, 3.05) is 19.5 Å². The summed E-state index contributed by atoms with van der Waals surface area (Å²) in [6, 6.07) is 15.1. The van der Waals surface area contributed by atoms with Crippen LogP contribution in [0.4, 0.5) is 0 Å². The van der Waals surface area contributed by atoms with Crippen molar-refractivity contribution >= 4 is 23.9 Å². The maximum atomic E-state index is 12.2. The highest BCUT2D eigenvalue weighted by atomic mass is 32.2. The van der Waals surface area contributed by atoms with Gasteiger partial charge in [-0.1, -0.05) is 11.8 Å². The molecule has 3 rings (SSSR count). The molecule has 1 aromatic heterocycles. The van der Waals surface area contributed by atoms with Crippen LogP contribution >= 0.6 is 11.8 Å². The first-order valence-corrected chi connectivity index (χ1v) is 10.9. The highest BCUT2D eigenvalue weighted by molar-refractivity contribution is 7.99. The normalized spacial score (nSPS) is 10.9. The number of nitrogens with zero attached hydrogens (tertiary/aromatic N) is 4. The van der Waals surface area contributed by atoms with Crippen LogP contribution in [0.15, 0.2) is 58.8 Å². The molecule has 1 heterocycles. The molecule has 0 spiro atoms. The first-order valence-electron chi connectivity index (χ1n) is 9.89. The summed E-state index contributed by atoms with van der Waals surface area (Å²) in [5, 5.41) is 13.2. The largest absolute Gasteiger partial charge is 0.497 e. The molecular weight excluding hydrogens is 414 g/mol. The van der Waals surface area contributed by atoms with Crippen LogP contribution in [-0.2, 0) is 11.3 Å². The monoisotopic (exact) mass is 439 g/mol. The van der Waals surface area contributed by atoms with E-state index >= 15 is 0 Å². The van der Waals surface area contributed by atoms with Crippen molar-refractivity contribution in [2.24, 2.45) is 5.10 Å². The number of amides is 1. The zero-order valence-electron chi connectivity index (χ0n) is 17.7. The smallest absolute Gasteiger partial charge is 0.250 e. The van der Waals surface area contributed by atoms with E-state index in [0.29, 0.717) is 18.3 Å². The quantitative estimate of drug-likeness (QED) is 0.295. The minimum absolute atomic E-state index is 0.182. The minimum atomic E-state index is -0.219. The molecule has 162 valence electrons. The van der Waals surface area contributed by atoms with Crippen molar-refractivity contribution in [2.45, 2.75) is 25.5 Å². The summed E-state index contributed by atoms with van der Waals surface area (Å²) in [5.41, 5.74) is 4.34. The molecule has 31 heavy (non-hydrogen) atoms. The number of aromatic nitrogens is 3. The van der Waals surface area contributed by atoms with Gasteiger partial charge in [-0.2, -0.15) is 5.10 Å². The number of thioether (sulfide) groups is 1. The lowest BCUT2D eigenvalue weighted by atomic mass is 10.2. The number of nitrogens with one attached hydrogen (secondary N) is 1. The van der Waals surface area contributed by atoms with Gasteiger partial charge in [0.2, 0.25) is 0 Å². The van der Waals surface area contributed by atoms with Gasteiger partial charge in [-0.25, -0.2) is 5.43 Å². The Morgan fingerprint density at radius 1 is 1.10 bits per heavy atom. The Kier molecular flexibility index (Phi) is 8.05. The van der Waals surface area contributed by atoms with E-state index < -0.39 is 0 Å². The summed E-state index contributed by atoms with van der Waals surface area (Å²) < 4.78 is 12.6. The van der Waals surface area contributed by atoms with Gasteiger partial charge in [0.25, 0.3) is 5.91 Å². The predicted octanol–water partition coefficient (Wildman–Crippen LogP) is 3.61. The molecule has 0 saturated carbocycles. The highest BCUT2D eigenvalue weighted by Crippen LogP contribution is 2.25. The Labute approximate surface area is 185 Å². The lowest BCUT2D eigenvalue weighted by Crippen LogP contribution is -2.20. The lowest BCUT2D eigenvalue weighted by Gasteiger charge is -2.07. The summed E-state index contributed by atoms with van der Waals surface area (Å²) in [6.07, 6.45) is 1.59. The van der Waals surface area contributed by atoms with Crippen molar-refractivity contribution in [3.63, 3.8) is 0 Å². The van der Waals surface area contributed by atoms with E-state index in [0.717, 1.165) is 28.5 Å². The third-order valence-corrected chi connectivity index (χ3v) is 5.27. The second-order valence-corrected chi connectivity index (χ2v) is 7.31. The van der Waals surface area contributed by atoms with Gasteiger partial charge in [0.15, 0.2) is 11.0 Å². The standard InChI is InChI=1S/C22H25N5O3S/c1-4-27-21(17-8-12-18(29-3)13-9-17)25-26-22(27)31-15-20(28)24-23-14-16-6-10-19(11-7-16)30-5-2/h6-14H,4-5,15H2,1-3H3,(H,24,28)/b23-14+. The van der Waals surface area contributed by atoms with E-state index in [2.05, 4.69) is 20.7 Å². The van der Waals surface area contributed by atoms with Gasteiger partial charge in [0.05, 0.1) is 25.7 Å². The number of hydrogen-bond acceptors (Lipinski definition) is 7. The van der Waals surface area contributed by atoms with E-state index in [1.54, 1.807) is 13.3 Å². The fourth-order valence-electron chi connectivity index (χ4n) is 2.79. The first kappa shape index (κ1) is 22.4. The molecule has 0 aliphatic carbocycles. The molecule has 8 nitrogen and oxygen atoms in total. The van der Waals surface area contributed by atoms with Crippen LogP contribution in [0.1, 0.15) is 19.4 Å². The summed E-state index contributed by atoms with van der Waals surface area (Å²) in [5.74, 6) is 2.30. The van der Waals surface area contributed by atoms with Crippen molar-refractivity contribution in [3.8, 4) is 22.9 Å². The van der Waals surface area contributed by atoms with Crippen LogP contribution in [0.5, 0.6) is 11.5 Å². The Morgan fingerprint density at radius 2 is 1.81 bits per heavy atom. The maximum absolute atomic E-state index is 12.2. The number of benzene rings is 2. The van der Waals surface area contributed by atoms with Crippen LogP contribution < -0.4 is 14.9 Å². The molecular formula is C22H25N5O3S. The lowest BCUT2D eigenvalue weighted by molar-refractivity contribution is -0.118. The molecule has 0 unspecified atom stereocenters. The number of methoxy groups -OCH3 is 1. The van der Waals surface area contributed by atoms with Crippen molar-refractivity contribution in [3.05, 3.63) is 54.1 Å². The van der Waals surface area contributed by atoms with E-state index in [1.807, 2.05) is 66.9 Å². The number of carbonyl (C=O) groups excluding carboxylic acids is 1. The molecule has 0 aliphatic rings. The topological polar surface area (TPSA) is 90.6 Å². The summed E-state index contributed by atoms with van der Waals surface area (Å²) in [7, 11) is 1.63. The molecule has 0 saturated heterocycles. The molecule has 9 heteroatoms. The van der Waals surface area contributed by atoms with Gasteiger partial charge in [-0.3, -0.25) is 4.79 Å². The Balaban J connectivity index is 1.55. The van der Waals surface area contributed by atoms with Crippen molar-refractivity contribution in [1.82, 2.24) is 20.2 Å². The van der Waals surface area contributed by atoms with Crippen LogP contribution in [0, 0.1) is 0 Å². The first-order chi connectivity index (χ1) is 15.1. The fourth-order valence-corrected chi connectivity index (χ4v) is 3.59. The Hall–Kier alpha value is -3.33. The molecule has 3 aromatic rings. The van der Waals surface area contributed by atoms with Gasteiger partial charge in [0, 0.05) is 12.1 Å². The van der Waals surface area contributed by atoms with Crippen molar-refractivity contribution in [1.29, 1.82) is 0 Å². The van der Waals surface area contributed by atoms with Crippen LogP contribution in [0.2, 0.25) is 0 Å². The van der Waals surface area contributed by atoms with Gasteiger partial charge >= 0.3 is 0 Å². The van der Waals surface area contributed by atoms with Gasteiger partial charge in [0.1, 0.15) is 11.5 Å². The predicted molar refractivity (Wildman–Crippen MR) is 122 cm³/mol. The minimum Gasteiger partial charge on any atom is -0.497 e. The molecule has 2 aromatic carbocycles. The Morgan fingerprint density at radius 3 is 2.45 bits per heavy atom. The molecule has 1 N–H and O–H groups in total. The Bertz CT molecular complexity index is 1020. The van der Waals surface area contributed by atoms with E-state index in [4.69, 9.17) is 9.47 Å². The average Bonchev–Trinajstić information content (AvgIpc) is 3.22. The van der Waals surface area contributed by atoms with Crippen LogP contribution in [-0.4, -0.2) is 46.4 Å². The van der Waals surface area contributed by atoms with Gasteiger partial charge in [-0.05, 0) is 67.9 Å². The van der Waals surface area contributed by atoms with E-state index in [9.17, 15) is 4.79 Å². The van der Waals surface area contributed by atoms with E-state index in [-0.39, 0.29) is 11.7 Å². The highest BCUT2D eigenvalue weighted by Gasteiger charge is 2.14. The van der Waals surface area contributed by atoms with Crippen molar-refractivity contribution < 1.29 is 14.3 Å². The molecule has 0 bridgehead atoms. The van der Waals surface area contributed by atoms with E-state index in [1.165, 1.54) is 11.8 Å². The molecule has 0 atom stereocenters. The summed E-state index contributed by atoms with van der Waals surface area (Å²) >= 11 is 1.32. The number of rotatable bonds is 10. The summed E-state index contributed by atoms with van der Waals surface area (Å²) in [6.45, 7) is 5.26. The molecule has 0 radical (unpaired) electrons. The fraction of sp³-hybridized carbons (Fsp3) is 0.273. The number of carbonyl (C=O) groups is 1. The van der Waals surface area contributed by atoms with Crippen LogP contribution in [0.3, 0.4) is 0 Å². The zero-order valence-corrected chi connectivity index (χ0v) is 18.6. The SMILES string of the molecule is CCOc1ccc(/C=N/NC(=O)CSc2nnc(-c3ccc(OC)cc3)n2CC)cc1. The molecule has 1 amide bonds. The third kappa shape index (κ3) is 6.08. The third-order valence-electron chi connectivity index (χ3n) is 4.31. The van der Waals surface area contributed by atoms with Gasteiger partial charge < -0.3 is 14.0 Å². The second-order valence-electron chi connectivity index (χ2n) is 6.36. The maximum Gasteiger partial charge on any atom is 0.250 e. The zero-order chi connectivity index (χ0) is 22.1. The second kappa shape index (κ2) is 11.2. The summed E-state index contributed by atoms with van der Waals surface area (Å²) in [4.78, 5) is 12.2. The van der Waals surface area contributed by atoms with Crippen LogP contribution in [0.25, 0.3) is 11.4 Å². The number of ether oxygens (including phenoxy) is 2. The molecule has 0 aliphatic heterocycles. The number of hydrazone groups is 1. The average molecular weight is 440 g/mol. The molecule has 0 fully saturated rings. The number of hydrogen-bond donors (Lipinski definition) is 1. The van der Waals surface area contributed by atoms with Gasteiger partial charge in [-0.15, -0.1) is 10.2 Å².